The highest BCUT2D eigenvalue weighted by molar-refractivity contribution is 5.76. The Morgan fingerprint density at radius 3 is 1.37 bits per heavy atom. The van der Waals surface area contributed by atoms with E-state index in [-0.39, 0.29) is 0 Å². The first-order valence-corrected chi connectivity index (χ1v) is 10.7. The van der Waals surface area contributed by atoms with E-state index in [1.54, 1.807) is 0 Å². The third-order valence-electron chi connectivity index (χ3n) is 5.75. The lowest BCUT2D eigenvalue weighted by Crippen LogP contribution is -2.10. The Labute approximate surface area is 180 Å². The molecular weight excluding hydrogens is 362 g/mol. The minimum atomic E-state index is 0.424. The molecule has 4 aromatic rings. The molecule has 4 aromatic carbocycles. The van der Waals surface area contributed by atoms with Gasteiger partial charge in [0.1, 0.15) is 0 Å². The van der Waals surface area contributed by atoms with Gasteiger partial charge in [0.25, 0.3) is 0 Å². The molecule has 0 amide bonds. The van der Waals surface area contributed by atoms with Gasteiger partial charge in [-0.3, -0.25) is 0 Å². The first-order chi connectivity index (χ1) is 14.7. The van der Waals surface area contributed by atoms with Crippen LogP contribution in [0.25, 0.3) is 0 Å². The van der Waals surface area contributed by atoms with Gasteiger partial charge in [0.05, 0.1) is 0 Å². The van der Waals surface area contributed by atoms with Crippen molar-refractivity contribution in [3.63, 3.8) is 0 Å². The molecule has 0 aliphatic carbocycles. The molecule has 150 valence electrons. The summed E-state index contributed by atoms with van der Waals surface area (Å²) in [6, 6.07) is 37.3. The highest BCUT2D eigenvalue weighted by Gasteiger charge is 2.15. The van der Waals surface area contributed by atoms with E-state index < -0.39 is 0 Å². The molecular formula is C29H29N. The quantitative estimate of drug-likeness (QED) is 0.319. The standard InChI is InChI=1S/C29H29N/c1-4-29(24-8-6-5-7-9-24)25-14-20-28(21-15-25)30(26-16-10-22(2)11-17-26)27-18-12-23(3)13-19-27/h5-21,29H,4H2,1-3H3. The molecule has 0 fully saturated rings. The second-order valence-corrected chi connectivity index (χ2v) is 7.97. The lowest BCUT2D eigenvalue weighted by molar-refractivity contribution is 0.777. The summed E-state index contributed by atoms with van der Waals surface area (Å²) in [6.07, 6.45) is 1.09. The summed E-state index contributed by atoms with van der Waals surface area (Å²) in [7, 11) is 0. The van der Waals surface area contributed by atoms with Crippen molar-refractivity contribution in [2.45, 2.75) is 33.1 Å². The Morgan fingerprint density at radius 2 is 0.933 bits per heavy atom. The number of anilines is 3. The van der Waals surface area contributed by atoms with Gasteiger partial charge in [0.2, 0.25) is 0 Å². The predicted octanol–water partition coefficient (Wildman–Crippen LogP) is 8.32. The first-order valence-electron chi connectivity index (χ1n) is 10.7. The third kappa shape index (κ3) is 4.31. The lowest BCUT2D eigenvalue weighted by Gasteiger charge is -2.26. The second-order valence-electron chi connectivity index (χ2n) is 7.97. The summed E-state index contributed by atoms with van der Waals surface area (Å²) >= 11 is 0. The van der Waals surface area contributed by atoms with Crippen LogP contribution in [0.3, 0.4) is 0 Å². The SMILES string of the molecule is CCC(c1ccccc1)c1ccc(N(c2ccc(C)cc2)c2ccc(C)cc2)cc1. The van der Waals surface area contributed by atoms with Crippen molar-refractivity contribution in [2.75, 3.05) is 4.90 Å². The molecule has 0 saturated heterocycles. The van der Waals surface area contributed by atoms with Crippen LogP contribution >= 0.6 is 0 Å². The molecule has 0 aliphatic heterocycles. The molecule has 1 unspecified atom stereocenters. The van der Waals surface area contributed by atoms with Crippen molar-refractivity contribution in [1.29, 1.82) is 0 Å². The summed E-state index contributed by atoms with van der Waals surface area (Å²) in [6.45, 7) is 6.52. The zero-order valence-electron chi connectivity index (χ0n) is 18.0. The monoisotopic (exact) mass is 391 g/mol. The number of rotatable bonds is 6. The Kier molecular flexibility index (Phi) is 5.99. The summed E-state index contributed by atoms with van der Waals surface area (Å²) in [5.41, 5.74) is 8.80. The van der Waals surface area contributed by atoms with Crippen LogP contribution in [0.15, 0.2) is 103 Å². The smallest absolute Gasteiger partial charge is 0.0461 e. The number of hydrogen-bond acceptors (Lipinski definition) is 1. The minimum Gasteiger partial charge on any atom is -0.311 e. The van der Waals surface area contributed by atoms with Crippen LogP contribution in [0.2, 0.25) is 0 Å². The zero-order valence-corrected chi connectivity index (χ0v) is 18.0. The molecule has 4 rings (SSSR count). The molecule has 0 aromatic heterocycles. The van der Waals surface area contributed by atoms with Crippen LogP contribution < -0.4 is 4.90 Å². The molecule has 0 spiro atoms. The Balaban J connectivity index is 1.72. The van der Waals surface area contributed by atoms with Gasteiger partial charge in [0.15, 0.2) is 0 Å². The second kappa shape index (κ2) is 9.00. The highest BCUT2D eigenvalue weighted by atomic mass is 15.1. The molecule has 0 heterocycles. The molecule has 30 heavy (non-hydrogen) atoms. The van der Waals surface area contributed by atoms with Crippen LogP contribution in [0.5, 0.6) is 0 Å². The van der Waals surface area contributed by atoms with E-state index in [1.807, 2.05) is 0 Å². The summed E-state index contributed by atoms with van der Waals surface area (Å²) in [4.78, 5) is 2.33. The van der Waals surface area contributed by atoms with Gasteiger partial charge in [-0.15, -0.1) is 0 Å². The van der Waals surface area contributed by atoms with Crippen LogP contribution in [0.4, 0.5) is 17.1 Å². The molecule has 0 bridgehead atoms. The molecule has 1 nitrogen and oxygen atoms in total. The van der Waals surface area contributed by atoms with E-state index in [0.717, 1.165) is 6.42 Å². The van der Waals surface area contributed by atoms with Crippen molar-refractivity contribution >= 4 is 17.1 Å². The molecule has 1 heteroatoms. The summed E-state index contributed by atoms with van der Waals surface area (Å²) in [5, 5.41) is 0. The number of benzene rings is 4. The van der Waals surface area contributed by atoms with Crippen LogP contribution in [-0.4, -0.2) is 0 Å². The number of aryl methyl sites for hydroxylation is 2. The fourth-order valence-electron chi connectivity index (χ4n) is 4.04. The van der Waals surface area contributed by atoms with Crippen molar-refractivity contribution in [2.24, 2.45) is 0 Å². The molecule has 0 radical (unpaired) electrons. The first kappa shape index (κ1) is 20.0. The van der Waals surface area contributed by atoms with Gasteiger partial charge in [-0.05, 0) is 67.8 Å². The molecule has 1 atom stereocenters. The Bertz CT molecular complexity index is 1020. The fourth-order valence-corrected chi connectivity index (χ4v) is 4.04. The minimum absolute atomic E-state index is 0.424. The van der Waals surface area contributed by atoms with E-state index >= 15 is 0 Å². The van der Waals surface area contributed by atoms with Crippen molar-refractivity contribution in [3.05, 3.63) is 125 Å². The van der Waals surface area contributed by atoms with Crippen molar-refractivity contribution in [3.8, 4) is 0 Å². The lowest BCUT2D eigenvalue weighted by atomic mass is 9.89. The van der Waals surface area contributed by atoms with Crippen molar-refractivity contribution < 1.29 is 0 Å². The highest BCUT2D eigenvalue weighted by Crippen LogP contribution is 2.36. The average Bonchev–Trinajstić information content (AvgIpc) is 2.79. The largest absolute Gasteiger partial charge is 0.311 e. The molecule has 0 N–H and O–H groups in total. The van der Waals surface area contributed by atoms with E-state index in [0.29, 0.717) is 5.92 Å². The van der Waals surface area contributed by atoms with Gasteiger partial charge < -0.3 is 4.90 Å². The van der Waals surface area contributed by atoms with Gasteiger partial charge in [0, 0.05) is 23.0 Å². The van der Waals surface area contributed by atoms with E-state index in [4.69, 9.17) is 0 Å². The van der Waals surface area contributed by atoms with E-state index in [9.17, 15) is 0 Å². The van der Waals surface area contributed by atoms with Gasteiger partial charge >= 0.3 is 0 Å². The average molecular weight is 392 g/mol. The van der Waals surface area contributed by atoms with Crippen molar-refractivity contribution in [1.82, 2.24) is 0 Å². The van der Waals surface area contributed by atoms with Crippen LogP contribution in [0, 0.1) is 13.8 Å². The number of hydrogen-bond donors (Lipinski definition) is 0. The Hall–Kier alpha value is -3.32. The van der Waals surface area contributed by atoms with Gasteiger partial charge in [-0.2, -0.15) is 0 Å². The maximum Gasteiger partial charge on any atom is 0.0461 e. The van der Waals surface area contributed by atoms with E-state index in [1.165, 1.54) is 39.3 Å². The van der Waals surface area contributed by atoms with Gasteiger partial charge in [-0.25, -0.2) is 0 Å². The van der Waals surface area contributed by atoms with Crippen LogP contribution in [-0.2, 0) is 0 Å². The number of nitrogens with zero attached hydrogens (tertiary/aromatic N) is 1. The topological polar surface area (TPSA) is 3.24 Å². The predicted molar refractivity (Wildman–Crippen MR) is 129 cm³/mol. The fraction of sp³-hybridized carbons (Fsp3) is 0.172. The maximum atomic E-state index is 2.33. The van der Waals surface area contributed by atoms with Gasteiger partial charge in [-0.1, -0.05) is 84.8 Å². The summed E-state index contributed by atoms with van der Waals surface area (Å²) in [5.74, 6) is 0.424. The Morgan fingerprint density at radius 1 is 0.533 bits per heavy atom. The normalized spacial score (nSPS) is 11.8. The molecule has 0 saturated carbocycles. The third-order valence-corrected chi connectivity index (χ3v) is 5.75. The molecule has 0 aliphatic rings. The zero-order chi connectivity index (χ0) is 20.9. The summed E-state index contributed by atoms with van der Waals surface area (Å²) < 4.78 is 0. The maximum absolute atomic E-state index is 2.33. The van der Waals surface area contributed by atoms with E-state index in [2.05, 4.69) is 129 Å². The van der Waals surface area contributed by atoms with Crippen LogP contribution in [0.1, 0.15) is 41.5 Å².